The number of nitrogens with zero attached hydrogens (tertiary/aromatic N) is 4. The molecule has 0 spiro atoms. The van der Waals surface area contributed by atoms with Crippen molar-refractivity contribution in [2.24, 2.45) is 0 Å². The van der Waals surface area contributed by atoms with E-state index in [2.05, 4.69) is 21.9 Å². The lowest BCUT2D eigenvalue weighted by Crippen LogP contribution is -2.17. The van der Waals surface area contributed by atoms with Crippen molar-refractivity contribution in [2.45, 2.75) is 32.8 Å². The molecule has 8 nitrogen and oxygen atoms in total. The molecule has 0 bridgehead atoms. The molecular weight excluding hydrogens is 334 g/mol. The summed E-state index contributed by atoms with van der Waals surface area (Å²) >= 11 is 0. The van der Waals surface area contributed by atoms with E-state index >= 15 is 0 Å². The molecule has 2 aromatic rings. The molecule has 26 heavy (non-hydrogen) atoms. The number of ketones is 1. The number of rotatable bonds is 8. The average Bonchev–Trinajstić information content (AvgIpc) is 2.64. The van der Waals surface area contributed by atoms with Crippen LogP contribution in [-0.2, 0) is 22.6 Å². The molecule has 1 heterocycles. The second-order valence-corrected chi connectivity index (χ2v) is 5.94. The number of nitrogen functional groups attached to an aromatic ring is 1. The zero-order valence-electron chi connectivity index (χ0n) is 15.2. The summed E-state index contributed by atoms with van der Waals surface area (Å²) in [4.78, 5) is 37.7. The minimum atomic E-state index is -0.492. The highest BCUT2D eigenvalue weighted by molar-refractivity contribution is 5.97. The standard InChI is InChI=1S/C18H23N5O3/c1-4-12-5-7-13(8-6-12)14(24)9-10-16(25)26-11-15-20-17(19)22-18(21-15)23(2)3/h5-8H,4,9-11H2,1-3H3,(H2,19,20,21,22). The van der Waals surface area contributed by atoms with E-state index in [0.717, 1.165) is 12.0 Å². The number of anilines is 2. The van der Waals surface area contributed by atoms with Gasteiger partial charge in [-0.3, -0.25) is 9.59 Å². The predicted octanol–water partition coefficient (Wildman–Crippen LogP) is 1.79. The second-order valence-electron chi connectivity index (χ2n) is 5.94. The zero-order chi connectivity index (χ0) is 19.1. The van der Waals surface area contributed by atoms with Gasteiger partial charge in [-0.05, 0) is 12.0 Å². The molecule has 2 rings (SSSR count). The number of Topliss-reactive ketones (excluding diaryl/α,β-unsaturated/α-hetero) is 1. The van der Waals surface area contributed by atoms with Crippen molar-refractivity contribution in [3.8, 4) is 0 Å². The van der Waals surface area contributed by atoms with Crippen LogP contribution in [0.5, 0.6) is 0 Å². The van der Waals surface area contributed by atoms with Gasteiger partial charge in [-0.1, -0.05) is 31.2 Å². The van der Waals surface area contributed by atoms with Gasteiger partial charge >= 0.3 is 5.97 Å². The fourth-order valence-corrected chi connectivity index (χ4v) is 2.19. The van der Waals surface area contributed by atoms with E-state index in [-0.39, 0.29) is 37.0 Å². The number of aromatic nitrogens is 3. The van der Waals surface area contributed by atoms with Crippen LogP contribution in [0.1, 0.15) is 41.5 Å². The molecule has 0 fully saturated rings. The first-order chi connectivity index (χ1) is 12.4. The van der Waals surface area contributed by atoms with Crippen molar-refractivity contribution in [1.29, 1.82) is 0 Å². The van der Waals surface area contributed by atoms with Crippen LogP contribution in [0.4, 0.5) is 11.9 Å². The number of nitrogens with two attached hydrogens (primary N) is 1. The molecule has 0 saturated heterocycles. The molecule has 0 aliphatic rings. The number of carbonyl (C=O) groups is 2. The molecule has 0 unspecified atom stereocenters. The largest absolute Gasteiger partial charge is 0.457 e. The monoisotopic (exact) mass is 357 g/mol. The lowest BCUT2D eigenvalue weighted by atomic mass is 10.0. The normalized spacial score (nSPS) is 10.4. The molecule has 0 atom stereocenters. The van der Waals surface area contributed by atoms with E-state index in [4.69, 9.17) is 10.5 Å². The summed E-state index contributed by atoms with van der Waals surface area (Å²) in [6, 6.07) is 7.39. The Morgan fingerprint density at radius 2 is 1.77 bits per heavy atom. The molecule has 1 aromatic carbocycles. The van der Waals surface area contributed by atoms with Crippen molar-refractivity contribution < 1.29 is 14.3 Å². The van der Waals surface area contributed by atoms with Crippen LogP contribution < -0.4 is 10.6 Å². The summed E-state index contributed by atoms with van der Waals surface area (Å²) < 4.78 is 5.12. The summed E-state index contributed by atoms with van der Waals surface area (Å²) in [6.07, 6.45) is 1.000. The van der Waals surface area contributed by atoms with Gasteiger partial charge in [0.2, 0.25) is 11.9 Å². The van der Waals surface area contributed by atoms with E-state index < -0.39 is 5.97 Å². The number of hydrogen-bond acceptors (Lipinski definition) is 8. The van der Waals surface area contributed by atoms with Gasteiger partial charge in [-0.15, -0.1) is 0 Å². The SMILES string of the molecule is CCc1ccc(C(=O)CCC(=O)OCc2nc(N)nc(N(C)C)n2)cc1. The Hall–Kier alpha value is -3.03. The average molecular weight is 357 g/mol. The molecule has 138 valence electrons. The Morgan fingerprint density at radius 1 is 1.08 bits per heavy atom. The molecule has 0 aliphatic heterocycles. The molecule has 2 N–H and O–H groups in total. The van der Waals surface area contributed by atoms with E-state index in [0.29, 0.717) is 11.5 Å². The Bertz CT molecular complexity index is 775. The quantitative estimate of drug-likeness (QED) is 0.562. The first kappa shape index (κ1) is 19.3. The highest BCUT2D eigenvalue weighted by Gasteiger charge is 2.12. The molecule has 0 radical (unpaired) electrons. The molecule has 1 aromatic heterocycles. The third-order valence-electron chi connectivity index (χ3n) is 3.69. The minimum absolute atomic E-state index is 0.00450. The van der Waals surface area contributed by atoms with Crippen molar-refractivity contribution in [2.75, 3.05) is 24.7 Å². The van der Waals surface area contributed by atoms with Gasteiger partial charge in [-0.2, -0.15) is 15.0 Å². The van der Waals surface area contributed by atoms with Gasteiger partial charge in [-0.25, -0.2) is 0 Å². The topological polar surface area (TPSA) is 111 Å². The maximum atomic E-state index is 12.1. The van der Waals surface area contributed by atoms with Gasteiger partial charge in [0.1, 0.15) is 0 Å². The van der Waals surface area contributed by atoms with Crippen LogP contribution in [0.25, 0.3) is 0 Å². The Morgan fingerprint density at radius 3 is 2.38 bits per heavy atom. The number of aryl methyl sites for hydroxylation is 1. The summed E-state index contributed by atoms with van der Waals surface area (Å²) in [5, 5.41) is 0. The third kappa shape index (κ3) is 5.51. The predicted molar refractivity (Wildman–Crippen MR) is 97.7 cm³/mol. The van der Waals surface area contributed by atoms with Gasteiger partial charge < -0.3 is 15.4 Å². The lowest BCUT2D eigenvalue weighted by Gasteiger charge is -2.11. The zero-order valence-corrected chi connectivity index (χ0v) is 15.2. The first-order valence-corrected chi connectivity index (χ1v) is 8.34. The Balaban J connectivity index is 1.84. The highest BCUT2D eigenvalue weighted by atomic mass is 16.5. The number of esters is 1. The molecule has 0 saturated carbocycles. The fourth-order valence-electron chi connectivity index (χ4n) is 2.19. The molecular formula is C18H23N5O3. The van der Waals surface area contributed by atoms with E-state index in [1.165, 1.54) is 0 Å². The minimum Gasteiger partial charge on any atom is -0.457 e. The van der Waals surface area contributed by atoms with Crippen LogP contribution in [0.15, 0.2) is 24.3 Å². The van der Waals surface area contributed by atoms with E-state index in [1.54, 1.807) is 31.1 Å². The van der Waals surface area contributed by atoms with Crippen LogP contribution in [-0.4, -0.2) is 40.8 Å². The third-order valence-corrected chi connectivity index (χ3v) is 3.69. The maximum absolute atomic E-state index is 12.1. The molecule has 0 aliphatic carbocycles. The van der Waals surface area contributed by atoms with Gasteiger partial charge in [0.05, 0.1) is 6.42 Å². The number of ether oxygens (including phenoxy) is 1. The highest BCUT2D eigenvalue weighted by Crippen LogP contribution is 2.10. The Kier molecular flexibility index (Phi) is 6.60. The van der Waals surface area contributed by atoms with E-state index in [1.807, 2.05) is 12.1 Å². The smallest absolute Gasteiger partial charge is 0.306 e. The van der Waals surface area contributed by atoms with Gasteiger partial charge in [0.25, 0.3) is 0 Å². The first-order valence-electron chi connectivity index (χ1n) is 8.34. The summed E-state index contributed by atoms with van der Waals surface area (Å²) in [6.45, 7) is 1.93. The Labute approximate surface area is 152 Å². The maximum Gasteiger partial charge on any atom is 0.306 e. The van der Waals surface area contributed by atoms with Crippen LogP contribution in [0.3, 0.4) is 0 Å². The molecule has 8 heteroatoms. The van der Waals surface area contributed by atoms with Crippen molar-refractivity contribution in [3.63, 3.8) is 0 Å². The lowest BCUT2D eigenvalue weighted by molar-refractivity contribution is -0.145. The number of carbonyl (C=O) groups excluding carboxylic acids is 2. The summed E-state index contributed by atoms with van der Waals surface area (Å²) in [5.41, 5.74) is 7.37. The van der Waals surface area contributed by atoms with Crippen LogP contribution in [0, 0.1) is 0 Å². The van der Waals surface area contributed by atoms with Crippen molar-refractivity contribution in [1.82, 2.24) is 15.0 Å². The van der Waals surface area contributed by atoms with Crippen LogP contribution >= 0.6 is 0 Å². The fraction of sp³-hybridized carbons (Fsp3) is 0.389. The number of hydrogen-bond donors (Lipinski definition) is 1. The summed E-state index contributed by atoms with van der Waals surface area (Å²) in [7, 11) is 3.53. The number of benzene rings is 1. The van der Waals surface area contributed by atoms with Gasteiger partial charge in [0.15, 0.2) is 18.2 Å². The summed E-state index contributed by atoms with van der Waals surface area (Å²) in [5.74, 6) is 0.114. The van der Waals surface area contributed by atoms with E-state index in [9.17, 15) is 9.59 Å². The molecule has 0 amide bonds. The van der Waals surface area contributed by atoms with Gasteiger partial charge in [0, 0.05) is 26.1 Å². The van der Waals surface area contributed by atoms with Crippen molar-refractivity contribution >= 4 is 23.6 Å². The van der Waals surface area contributed by atoms with Crippen molar-refractivity contribution in [3.05, 3.63) is 41.2 Å². The second kappa shape index (κ2) is 8.89. The van der Waals surface area contributed by atoms with Crippen LogP contribution in [0.2, 0.25) is 0 Å².